The van der Waals surface area contributed by atoms with Gasteiger partial charge in [-0.3, -0.25) is 29.6 Å². The third kappa shape index (κ3) is 11.0. The molecule has 2 heterocycles. The molecule has 2 N–H and O–H groups in total. The summed E-state index contributed by atoms with van der Waals surface area (Å²) in [5.41, 5.74) is 2.27. The molecule has 4 aromatic rings. The number of carbonyl (C=O) groups is 1. The van der Waals surface area contributed by atoms with E-state index in [1.165, 1.54) is 24.3 Å². The van der Waals surface area contributed by atoms with E-state index in [2.05, 4.69) is 14.7 Å². The van der Waals surface area contributed by atoms with E-state index in [0.29, 0.717) is 16.9 Å². The van der Waals surface area contributed by atoms with E-state index in [1.807, 2.05) is 57.2 Å². The van der Waals surface area contributed by atoms with Gasteiger partial charge in [-0.15, -0.1) is 0 Å². The Balaban J connectivity index is 0.000000616. The van der Waals surface area contributed by atoms with E-state index < -0.39 is 20.9 Å². The van der Waals surface area contributed by atoms with Gasteiger partial charge in [0.2, 0.25) is 0 Å². The number of carboxylic acid groups (broad SMARTS) is 1. The number of carboxylic acids is 1. The molecule has 4 rings (SSSR count). The molecule has 0 aliphatic heterocycles. The van der Waals surface area contributed by atoms with E-state index in [4.69, 9.17) is 9.90 Å². The topological polar surface area (TPSA) is 152 Å². The molecule has 2 aromatic heterocycles. The van der Waals surface area contributed by atoms with Crippen LogP contribution in [-0.4, -0.2) is 34.4 Å². The quantitative estimate of drug-likeness (QED) is 0.152. The maximum Gasteiger partial charge on any atom is 0.300 e. The summed E-state index contributed by atoms with van der Waals surface area (Å²) >= 11 is 0. The van der Waals surface area contributed by atoms with Gasteiger partial charge >= 0.3 is 0 Å². The van der Waals surface area contributed by atoms with Crippen molar-refractivity contribution in [2.45, 2.75) is 38.0 Å². The first kappa shape index (κ1) is 34.1. The monoisotopic (exact) mass is 656 g/mol. The number of anilines is 1. The summed E-state index contributed by atoms with van der Waals surface area (Å²) < 4.78 is 28.5. The van der Waals surface area contributed by atoms with E-state index in [-0.39, 0.29) is 36.4 Å². The molecule has 0 saturated heterocycles. The van der Waals surface area contributed by atoms with Gasteiger partial charge in [0.15, 0.2) is 0 Å². The Hall–Kier alpha value is -3.98. The number of nitro benzene ring substituents is 1. The molecule has 0 spiro atoms. The Morgan fingerprint density at radius 3 is 1.93 bits per heavy atom. The minimum Gasteiger partial charge on any atom is -0.481 e. The molecule has 0 radical (unpaired) electrons. The van der Waals surface area contributed by atoms with Crippen molar-refractivity contribution in [3.05, 3.63) is 113 Å². The van der Waals surface area contributed by atoms with Gasteiger partial charge in [0, 0.05) is 63.6 Å². The van der Waals surface area contributed by atoms with Crippen LogP contribution < -0.4 is 4.72 Å². The predicted molar refractivity (Wildman–Crippen MR) is 150 cm³/mol. The molecule has 12 heteroatoms. The van der Waals surface area contributed by atoms with Gasteiger partial charge in [0.05, 0.1) is 21.2 Å². The van der Waals surface area contributed by atoms with Crippen molar-refractivity contribution in [1.82, 2.24) is 9.97 Å². The maximum absolute atomic E-state index is 12.9. The molecule has 0 fully saturated rings. The van der Waals surface area contributed by atoms with Crippen LogP contribution in [0.15, 0.2) is 102 Å². The molecule has 214 valence electrons. The molecule has 0 saturated carbocycles. The Bertz CT molecular complexity index is 1450. The SMILES string of the molecule is CC(=O)O.CC(C)(C)c1ccc(-c2ccccn2)c(NS(=O)(=O)c2ccc([N+](=O)[O-])cc2)c1.[Pd].c1ccncc1. The van der Waals surface area contributed by atoms with Crippen molar-refractivity contribution < 1.29 is 43.7 Å². The average Bonchev–Trinajstić information content (AvgIpc) is 2.89. The number of aromatic nitrogens is 2. The van der Waals surface area contributed by atoms with Crippen molar-refractivity contribution in [2.24, 2.45) is 0 Å². The average molecular weight is 657 g/mol. The molecule has 2 aromatic carbocycles. The van der Waals surface area contributed by atoms with E-state index in [1.54, 1.807) is 36.8 Å². The molecule has 40 heavy (non-hydrogen) atoms. The van der Waals surface area contributed by atoms with Gasteiger partial charge < -0.3 is 5.11 Å². The van der Waals surface area contributed by atoms with Gasteiger partial charge in [-0.1, -0.05) is 45.0 Å². The zero-order valence-corrected chi connectivity index (χ0v) is 24.7. The van der Waals surface area contributed by atoms with Crippen LogP contribution in [0.3, 0.4) is 0 Å². The number of hydrogen-bond donors (Lipinski definition) is 2. The fourth-order valence-corrected chi connectivity index (χ4v) is 4.17. The zero-order chi connectivity index (χ0) is 29.1. The number of nitrogens with zero attached hydrogens (tertiary/aromatic N) is 3. The molecule has 0 aliphatic rings. The first-order valence-electron chi connectivity index (χ1n) is 11.7. The largest absolute Gasteiger partial charge is 0.481 e. The van der Waals surface area contributed by atoms with Crippen LogP contribution in [0.25, 0.3) is 11.3 Å². The Morgan fingerprint density at radius 1 is 0.925 bits per heavy atom. The number of rotatable bonds is 5. The van der Waals surface area contributed by atoms with Crippen LogP contribution in [0.5, 0.6) is 0 Å². The molecule has 0 aliphatic carbocycles. The fourth-order valence-electron chi connectivity index (χ4n) is 3.10. The smallest absolute Gasteiger partial charge is 0.300 e. The van der Waals surface area contributed by atoms with Gasteiger partial charge in [-0.25, -0.2) is 8.42 Å². The second kappa shape index (κ2) is 15.6. The Morgan fingerprint density at radius 2 is 1.50 bits per heavy atom. The van der Waals surface area contributed by atoms with Crippen LogP contribution >= 0.6 is 0 Å². The standard InChI is InChI=1S/C21H21N3O4S.C5H5N.C2H4O2.Pd/c1-21(2,3)15-7-12-18(19-6-4-5-13-22-19)20(14-15)23-29(27,28)17-10-8-16(9-11-17)24(25)26;1-2-4-6-5-3-1;1-2(3)4;/h4-14,23H,1-3H3;1-5H;1H3,(H,3,4);. The summed E-state index contributed by atoms with van der Waals surface area (Å²) in [7, 11) is -3.95. The second-order valence-electron chi connectivity index (χ2n) is 9.13. The minimum atomic E-state index is -3.95. The van der Waals surface area contributed by atoms with Crippen LogP contribution in [-0.2, 0) is 40.7 Å². The summed E-state index contributed by atoms with van der Waals surface area (Å²) in [6.45, 7) is 7.20. The minimum absolute atomic E-state index is 0. The van der Waals surface area contributed by atoms with Crippen LogP contribution in [0.1, 0.15) is 33.3 Å². The normalized spacial score (nSPS) is 10.4. The van der Waals surface area contributed by atoms with Gasteiger partial charge in [0.1, 0.15) is 0 Å². The van der Waals surface area contributed by atoms with Crippen molar-refractivity contribution in [3.63, 3.8) is 0 Å². The van der Waals surface area contributed by atoms with Gasteiger partial charge in [-0.05, 0) is 53.4 Å². The van der Waals surface area contributed by atoms with Gasteiger partial charge in [0.25, 0.3) is 21.7 Å². The van der Waals surface area contributed by atoms with Crippen molar-refractivity contribution in [1.29, 1.82) is 0 Å². The molecule has 0 unspecified atom stereocenters. The molecular formula is C28H30N4O6PdS. The van der Waals surface area contributed by atoms with Crippen molar-refractivity contribution in [2.75, 3.05) is 4.72 Å². The number of hydrogen-bond acceptors (Lipinski definition) is 7. The number of aliphatic carboxylic acids is 1. The summed E-state index contributed by atoms with van der Waals surface area (Å²) in [5.74, 6) is -0.833. The molecule has 0 atom stereocenters. The summed E-state index contributed by atoms with van der Waals surface area (Å²) in [6.07, 6.45) is 5.14. The van der Waals surface area contributed by atoms with Crippen LogP contribution in [0.2, 0.25) is 0 Å². The number of benzene rings is 2. The fraction of sp³-hybridized carbons (Fsp3) is 0.179. The number of non-ortho nitro benzene ring substituents is 1. The number of nitrogens with one attached hydrogen (secondary N) is 1. The molecular weight excluding hydrogens is 627 g/mol. The zero-order valence-electron chi connectivity index (χ0n) is 22.3. The third-order valence-electron chi connectivity index (χ3n) is 5.00. The number of pyridine rings is 2. The summed E-state index contributed by atoms with van der Waals surface area (Å²) in [6, 6.07) is 21.5. The molecule has 0 amide bonds. The number of sulfonamides is 1. The van der Waals surface area contributed by atoms with E-state index in [0.717, 1.165) is 12.5 Å². The molecule has 0 bridgehead atoms. The summed E-state index contributed by atoms with van der Waals surface area (Å²) in [5, 5.41) is 18.2. The first-order valence-corrected chi connectivity index (χ1v) is 13.2. The number of nitro groups is 1. The summed E-state index contributed by atoms with van der Waals surface area (Å²) in [4.78, 5) is 27.3. The van der Waals surface area contributed by atoms with E-state index >= 15 is 0 Å². The first-order chi connectivity index (χ1) is 18.3. The molecule has 10 nitrogen and oxygen atoms in total. The second-order valence-corrected chi connectivity index (χ2v) is 10.8. The van der Waals surface area contributed by atoms with E-state index in [9.17, 15) is 18.5 Å². The Labute approximate surface area is 247 Å². The maximum atomic E-state index is 12.9. The van der Waals surface area contributed by atoms with Crippen molar-refractivity contribution in [3.8, 4) is 11.3 Å². The Kier molecular flexibility index (Phi) is 13.3. The predicted octanol–water partition coefficient (Wildman–Crippen LogP) is 5.93. The van der Waals surface area contributed by atoms with Crippen LogP contribution in [0, 0.1) is 10.1 Å². The van der Waals surface area contributed by atoms with Gasteiger partial charge in [-0.2, -0.15) is 0 Å². The van der Waals surface area contributed by atoms with Crippen molar-refractivity contribution >= 4 is 27.4 Å². The third-order valence-corrected chi connectivity index (χ3v) is 6.38. The van der Waals surface area contributed by atoms with Crippen LogP contribution in [0.4, 0.5) is 11.4 Å².